The van der Waals surface area contributed by atoms with E-state index in [9.17, 15) is 19.4 Å². The number of hydrogen-bond donors (Lipinski definition) is 1. The number of aromatic hydroxyl groups is 1. The van der Waals surface area contributed by atoms with Gasteiger partial charge in [0.2, 0.25) is 0 Å². The Balaban J connectivity index is 1.75. The summed E-state index contributed by atoms with van der Waals surface area (Å²) in [6.07, 6.45) is 15.5. The normalized spacial score (nSPS) is 20.9. The Morgan fingerprint density at radius 1 is 1.07 bits per heavy atom. The van der Waals surface area contributed by atoms with Gasteiger partial charge in [0.15, 0.2) is 5.60 Å². The highest BCUT2D eigenvalue weighted by Gasteiger charge is 2.56. The first-order chi connectivity index (χ1) is 20.0. The number of carbonyl (C=O) groups is 1. The number of allylic oxidation sites excluding steroid dienone is 3. The van der Waals surface area contributed by atoms with Crippen molar-refractivity contribution < 1.29 is 33.1 Å². The quantitative estimate of drug-likeness (QED) is 0.0554. The summed E-state index contributed by atoms with van der Waals surface area (Å²) >= 11 is 0. The highest BCUT2D eigenvalue weighted by molar-refractivity contribution is 7.46. The van der Waals surface area contributed by atoms with Crippen LogP contribution < -0.4 is 9.63 Å². The van der Waals surface area contributed by atoms with Crippen molar-refractivity contribution in [3.63, 3.8) is 0 Å². The van der Waals surface area contributed by atoms with Crippen LogP contribution in [-0.2, 0) is 24.8 Å². The lowest BCUT2D eigenvalue weighted by atomic mass is 9.73. The second-order valence-electron chi connectivity index (χ2n) is 12.4. The zero-order valence-corrected chi connectivity index (χ0v) is 27.1. The van der Waals surface area contributed by atoms with Crippen LogP contribution >= 0.6 is 7.82 Å². The van der Waals surface area contributed by atoms with Crippen LogP contribution in [-0.4, -0.2) is 23.3 Å². The molecule has 0 radical (unpaired) electrons. The summed E-state index contributed by atoms with van der Waals surface area (Å²) in [7, 11) is -4.70. The Morgan fingerprint density at radius 2 is 1.71 bits per heavy atom. The van der Waals surface area contributed by atoms with Gasteiger partial charge in [0.25, 0.3) is 7.82 Å². The monoisotopic (exact) mass is 603 g/mol. The molecule has 7 nitrogen and oxygen atoms in total. The second kappa shape index (κ2) is 16.2. The van der Waals surface area contributed by atoms with Gasteiger partial charge in [-0.05, 0) is 82.4 Å². The number of phosphoric acid groups is 1. The molecule has 1 N–H and O–H groups in total. The van der Waals surface area contributed by atoms with Crippen LogP contribution in [0.2, 0.25) is 0 Å². The summed E-state index contributed by atoms with van der Waals surface area (Å²) in [6.45, 7) is 12.6. The van der Waals surface area contributed by atoms with Gasteiger partial charge in [-0.3, -0.25) is 9.09 Å². The van der Waals surface area contributed by atoms with Crippen LogP contribution in [0.1, 0.15) is 135 Å². The minimum atomic E-state index is -4.70. The van der Waals surface area contributed by atoms with Crippen LogP contribution in [0.15, 0.2) is 35.9 Å². The molecule has 0 aliphatic heterocycles. The smallest absolute Gasteiger partial charge is 0.344 e. The summed E-state index contributed by atoms with van der Waals surface area (Å²) in [4.78, 5) is 26.2. The van der Waals surface area contributed by atoms with Crippen molar-refractivity contribution in [1.29, 1.82) is 0 Å². The van der Waals surface area contributed by atoms with Crippen LogP contribution in [0.25, 0.3) is 0 Å². The van der Waals surface area contributed by atoms with Gasteiger partial charge in [-0.2, -0.15) is 0 Å². The van der Waals surface area contributed by atoms with E-state index in [1.54, 1.807) is 6.07 Å². The number of phosphoric ester groups is 1. The lowest BCUT2D eigenvalue weighted by Gasteiger charge is -2.32. The van der Waals surface area contributed by atoms with Crippen molar-refractivity contribution in [1.82, 2.24) is 0 Å². The predicted octanol–water partition coefficient (Wildman–Crippen LogP) is 8.83. The van der Waals surface area contributed by atoms with E-state index in [4.69, 9.17) is 13.8 Å². The Labute approximate surface area is 253 Å². The molecule has 1 aromatic rings. The highest BCUT2D eigenvalue weighted by Crippen LogP contribution is 2.54. The van der Waals surface area contributed by atoms with Crippen LogP contribution in [0.5, 0.6) is 11.5 Å². The minimum Gasteiger partial charge on any atom is -0.756 e. The lowest BCUT2D eigenvalue weighted by molar-refractivity contribution is -0.232. The number of phenols is 1. The molecular weight excluding hydrogens is 551 g/mol. The Morgan fingerprint density at radius 3 is 2.36 bits per heavy atom. The zero-order chi connectivity index (χ0) is 30.8. The van der Waals surface area contributed by atoms with E-state index in [1.807, 2.05) is 13.0 Å². The molecule has 3 rings (SSSR count). The van der Waals surface area contributed by atoms with E-state index >= 15 is 0 Å². The van der Waals surface area contributed by atoms with Crippen molar-refractivity contribution in [2.45, 2.75) is 136 Å². The number of ether oxygens (including phenoxy) is 1. The zero-order valence-electron chi connectivity index (χ0n) is 26.3. The molecule has 2 aliphatic carbocycles. The Bertz CT molecular complexity index is 1140. The molecule has 3 atom stereocenters. The van der Waals surface area contributed by atoms with E-state index in [-0.39, 0.29) is 42.8 Å². The van der Waals surface area contributed by atoms with E-state index in [1.165, 1.54) is 24.8 Å². The van der Waals surface area contributed by atoms with Crippen molar-refractivity contribution in [3.05, 3.63) is 47.1 Å². The number of esters is 1. The standard InChI is InChI=1S/C34H53O7P/c1-6-8-10-11-12-13-15-21-39-42(37,38)41-34(19-20-34)33(36)40-31-24-27(16-14-9-7-2)23-30(35)32(31)29-22-26(5)17-18-28(29)25(3)4/h22-24,28-29,35H,3,6-21H2,1-2,4-5H3,(H,37,38)/p-1/t28-,29+/m0/s1. The molecule has 0 amide bonds. The molecule has 0 spiro atoms. The van der Waals surface area contributed by atoms with Gasteiger partial charge in [0.1, 0.15) is 11.5 Å². The first-order valence-electron chi connectivity index (χ1n) is 16.1. The van der Waals surface area contributed by atoms with Gasteiger partial charge in [0.05, 0.1) is 6.61 Å². The summed E-state index contributed by atoms with van der Waals surface area (Å²) in [5.74, 6) is -0.569. The van der Waals surface area contributed by atoms with Crippen LogP contribution in [0.4, 0.5) is 0 Å². The van der Waals surface area contributed by atoms with Gasteiger partial charge in [-0.15, -0.1) is 0 Å². The fraction of sp³-hybridized carbons (Fsp3) is 0.676. The third-order valence-corrected chi connectivity index (χ3v) is 9.60. The molecule has 0 aromatic heterocycles. The Hall–Kier alpha value is -1.92. The van der Waals surface area contributed by atoms with E-state index in [0.29, 0.717) is 12.0 Å². The van der Waals surface area contributed by atoms with Crippen LogP contribution in [0, 0.1) is 5.92 Å². The highest BCUT2D eigenvalue weighted by atomic mass is 31.2. The number of benzene rings is 1. The van der Waals surface area contributed by atoms with E-state index in [2.05, 4.69) is 33.4 Å². The number of rotatable bonds is 19. The summed E-state index contributed by atoms with van der Waals surface area (Å²) in [6, 6.07) is 3.59. The van der Waals surface area contributed by atoms with Crippen molar-refractivity contribution >= 4 is 13.8 Å². The predicted molar refractivity (Wildman–Crippen MR) is 166 cm³/mol. The maximum absolute atomic E-state index is 13.5. The van der Waals surface area contributed by atoms with Gasteiger partial charge >= 0.3 is 5.97 Å². The third-order valence-electron chi connectivity index (χ3n) is 8.53. The number of carbonyl (C=O) groups excluding carboxylic acids is 1. The first-order valence-corrected chi connectivity index (χ1v) is 17.5. The second-order valence-corrected chi connectivity index (χ2v) is 13.7. The van der Waals surface area contributed by atoms with Gasteiger partial charge in [-0.25, -0.2) is 4.79 Å². The van der Waals surface area contributed by atoms with Gasteiger partial charge < -0.3 is 19.3 Å². The lowest BCUT2D eigenvalue weighted by Crippen LogP contribution is -2.32. The number of phenolic OH excluding ortho intramolecular Hbond substituents is 1. The molecule has 42 heavy (non-hydrogen) atoms. The van der Waals surface area contributed by atoms with E-state index < -0.39 is 19.4 Å². The summed E-state index contributed by atoms with van der Waals surface area (Å²) in [5.41, 5.74) is 2.02. The average Bonchev–Trinajstić information content (AvgIpc) is 3.70. The topological polar surface area (TPSA) is 105 Å². The molecule has 2 aliphatic rings. The first kappa shape index (κ1) is 34.6. The molecule has 0 bridgehead atoms. The van der Waals surface area contributed by atoms with Gasteiger partial charge in [-0.1, -0.05) is 89.0 Å². The van der Waals surface area contributed by atoms with Crippen molar-refractivity contribution in [3.8, 4) is 11.5 Å². The largest absolute Gasteiger partial charge is 0.756 e. The number of aryl methyl sites for hydroxylation is 1. The molecule has 0 saturated heterocycles. The molecule has 1 aromatic carbocycles. The fourth-order valence-corrected chi connectivity index (χ4v) is 6.92. The van der Waals surface area contributed by atoms with E-state index in [0.717, 1.165) is 68.9 Å². The molecule has 8 heteroatoms. The molecule has 1 saturated carbocycles. The van der Waals surface area contributed by atoms with Gasteiger partial charge in [0, 0.05) is 11.5 Å². The molecule has 236 valence electrons. The molecule has 1 unspecified atom stereocenters. The molecular formula is C34H52O7P-. The summed E-state index contributed by atoms with van der Waals surface area (Å²) in [5, 5.41) is 11.3. The van der Waals surface area contributed by atoms with Crippen LogP contribution in [0.3, 0.4) is 0 Å². The fourth-order valence-electron chi connectivity index (χ4n) is 5.83. The van der Waals surface area contributed by atoms with Crippen molar-refractivity contribution in [2.75, 3.05) is 6.61 Å². The summed E-state index contributed by atoms with van der Waals surface area (Å²) < 4.78 is 29.1. The Kier molecular flexibility index (Phi) is 13.4. The maximum Gasteiger partial charge on any atom is 0.344 e. The minimum absolute atomic E-state index is 0.0349. The third kappa shape index (κ3) is 10.1. The number of hydrogen-bond acceptors (Lipinski definition) is 7. The molecule has 1 fully saturated rings. The molecule has 0 heterocycles. The SMILES string of the molecule is C=C(C)[C@@H]1CCC(C)=C[C@H]1c1c(O)cc(CCCCC)cc1OC(=O)C1(OP(=O)([O-])OCCCCCCCCC)CC1. The maximum atomic E-state index is 13.5. The average molecular weight is 604 g/mol. The number of unbranched alkanes of at least 4 members (excludes halogenated alkanes) is 8. The van der Waals surface area contributed by atoms with Crippen molar-refractivity contribution in [2.24, 2.45) is 5.92 Å².